The van der Waals surface area contributed by atoms with Gasteiger partial charge in [-0.3, -0.25) is 0 Å². The van der Waals surface area contributed by atoms with E-state index in [1.165, 1.54) is 18.9 Å². The zero-order chi connectivity index (χ0) is 11.8. The number of rotatable bonds is 5. The summed E-state index contributed by atoms with van der Waals surface area (Å²) in [6, 6.07) is 9.88. The molecule has 0 saturated carbocycles. The molecule has 86 valence electrons. The molecule has 0 amide bonds. The van der Waals surface area contributed by atoms with Crippen molar-refractivity contribution in [2.75, 3.05) is 20.7 Å². The minimum Gasteiger partial charge on any atom is -0.466 e. The van der Waals surface area contributed by atoms with Crippen molar-refractivity contribution in [2.45, 2.75) is 4.90 Å². The number of likely N-dealkylation sites (N-methyl/N-ethyl adjacent to an activating group) is 1. The molecule has 0 saturated heterocycles. The highest BCUT2D eigenvalue weighted by molar-refractivity contribution is 8.02. The lowest BCUT2D eigenvalue weighted by atomic mass is 10.3. The van der Waals surface area contributed by atoms with Crippen LogP contribution in [0.15, 0.2) is 46.2 Å². The number of benzene rings is 1. The standard InChI is InChI=1S/C12H15NO2S/c1-13-8-10(12(14)15-2)9-16-11-6-4-3-5-7-11/h3-7,9,13H,8H2,1-2H3/b10-9-. The van der Waals surface area contributed by atoms with Crippen LogP contribution in [-0.4, -0.2) is 26.7 Å². The number of hydrogen-bond acceptors (Lipinski definition) is 4. The monoisotopic (exact) mass is 237 g/mol. The number of nitrogens with one attached hydrogen (secondary N) is 1. The van der Waals surface area contributed by atoms with E-state index in [0.29, 0.717) is 12.1 Å². The summed E-state index contributed by atoms with van der Waals surface area (Å²) in [7, 11) is 3.18. The molecule has 1 aromatic carbocycles. The molecule has 1 aromatic rings. The Morgan fingerprint density at radius 1 is 1.44 bits per heavy atom. The summed E-state index contributed by atoms with van der Waals surface area (Å²) < 4.78 is 4.69. The van der Waals surface area contributed by atoms with Crippen molar-refractivity contribution in [1.82, 2.24) is 5.32 Å². The SMILES string of the molecule is CNC/C(=C/Sc1ccccc1)C(=O)OC. The first-order valence-corrected chi connectivity index (χ1v) is 5.79. The second-order valence-electron chi connectivity index (χ2n) is 3.10. The Balaban J connectivity index is 2.68. The predicted molar refractivity (Wildman–Crippen MR) is 66.3 cm³/mol. The number of ether oxygens (including phenoxy) is 1. The molecular formula is C12H15NO2S. The Morgan fingerprint density at radius 2 is 2.12 bits per heavy atom. The van der Waals surface area contributed by atoms with E-state index in [2.05, 4.69) is 5.32 Å². The molecule has 0 fully saturated rings. The maximum Gasteiger partial charge on any atom is 0.335 e. The van der Waals surface area contributed by atoms with E-state index in [-0.39, 0.29) is 5.97 Å². The van der Waals surface area contributed by atoms with Crippen LogP contribution < -0.4 is 5.32 Å². The molecule has 1 rings (SSSR count). The van der Waals surface area contributed by atoms with Crippen molar-refractivity contribution < 1.29 is 9.53 Å². The molecule has 0 unspecified atom stereocenters. The van der Waals surface area contributed by atoms with Gasteiger partial charge in [0.1, 0.15) is 0 Å². The Hall–Kier alpha value is -1.26. The van der Waals surface area contributed by atoms with Crippen LogP contribution in [0.2, 0.25) is 0 Å². The van der Waals surface area contributed by atoms with Gasteiger partial charge in [0.15, 0.2) is 0 Å². The fourth-order valence-corrected chi connectivity index (χ4v) is 1.89. The van der Waals surface area contributed by atoms with Gasteiger partial charge in [-0.15, -0.1) is 0 Å². The highest BCUT2D eigenvalue weighted by atomic mass is 32.2. The molecule has 0 atom stereocenters. The molecule has 16 heavy (non-hydrogen) atoms. The first kappa shape index (κ1) is 12.8. The third kappa shape index (κ3) is 4.08. The van der Waals surface area contributed by atoms with E-state index in [1.54, 1.807) is 7.05 Å². The second kappa shape index (κ2) is 7.09. The van der Waals surface area contributed by atoms with Crippen LogP contribution in [0.4, 0.5) is 0 Å². The zero-order valence-electron chi connectivity index (χ0n) is 9.40. The van der Waals surface area contributed by atoms with E-state index >= 15 is 0 Å². The van der Waals surface area contributed by atoms with E-state index in [9.17, 15) is 4.79 Å². The topological polar surface area (TPSA) is 38.3 Å². The summed E-state index contributed by atoms with van der Waals surface area (Å²) in [6.45, 7) is 0.506. The summed E-state index contributed by atoms with van der Waals surface area (Å²) in [5, 5.41) is 4.75. The third-order valence-electron chi connectivity index (χ3n) is 1.90. The molecule has 0 heterocycles. The number of carbonyl (C=O) groups is 1. The number of methoxy groups -OCH3 is 1. The number of thioether (sulfide) groups is 1. The molecule has 0 spiro atoms. The van der Waals surface area contributed by atoms with Gasteiger partial charge in [-0.05, 0) is 24.6 Å². The van der Waals surface area contributed by atoms with Crippen molar-refractivity contribution in [3.05, 3.63) is 41.3 Å². The van der Waals surface area contributed by atoms with Crippen molar-refractivity contribution in [3.63, 3.8) is 0 Å². The maximum absolute atomic E-state index is 11.4. The minimum atomic E-state index is -0.294. The summed E-state index contributed by atoms with van der Waals surface area (Å²) in [5.74, 6) is -0.294. The van der Waals surface area contributed by atoms with E-state index in [0.717, 1.165) is 4.90 Å². The minimum absolute atomic E-state index is 0.294. The lowest BCUT2D eigenvalue weighted by molar-refractivity contribution is -0.136. The molecule has 0 aliphatic rings. The van der Waals surface area contributed by atoms with E-state index < -0.39 is 0 Å². The van der Waals surface area contributed by atoms with Gasteiger partial charge in [0.25, 0.3) is 0 Å². The number of esters is 1. The van der Waals surface area contributed by atoms with Crippen LogP contribution in [0, 0.1) is 0 Å². The molecule has 0 aromatic heterocycles. The van der Waals surface area contributed by atoms with Gasteiger partial charge in [-0.2, -0.15) is 0 Å². The molecule has 0 aliphatic heterocycles. The lowest BCUT2D eigenvalue weighted by Gasteiger charge is -2.04. The Labute approximate surface area is 99.9 Å². The van der Waals surface area contributed by atoms with E-state index in [1.807, 2.05) is 35.7 Å². The van der Waals surface area contributed by atoms with Gasteiger partial charge >= 0.3 is 5.97 Å². The van der Waals surface area contributed by atoms with Gasteiger partial charge in [0.2, 0.25) is 0 Å². The Kier molecular flexibility index (Phi) is 5.67. The van der Waals surface area contributed by atoms with E-state index in [4.69, 9.17) is 4.74 Å². The smallest absolute Gasteiger partial charge is 0.335 e. The fraction of sp³-hybridized carbons (Fsp3) is 0.250. The molecule has 3 nitrogen and oxygen atoms in total. The average Bonchev–Trinajstić information content (AvgIpc) is 2.34. The van der Waals surface area contributed by atoms with Gasteiger partial charge < -0.3 is 10.1 Å². The van der Waals surface area contributed by atoms with Crippen molar-refractivity contribution in [1.29, 1.82) is 0 Å². The van der Waals surface area contributed by atoms with Gasteiger partial charge in [-0.25, -0.2) is 4.79 Å². The Bertz CT molecular complexity index is 363. The van der Waals surface area contributed by atoms with Crippen LogP contribution in [0.1, 0.15) is 0 Å². The molecule has 4 heteroatoms. The molecule has 0 aliphatic carbocycles. The first-order chi connectivity index (χ1) is 7.77. The van der Waals surface area contributed by atoms with Gasteiger partial charge in [-0.1, -0.05) is 30.0 Å². The fourth-order valence-electron chi connectivity index (χ4n) is 1.12. The van der Waals surface area contributed by atoms with Gasteiger partial charge in [0.05, 0.1) is 12.7 Å². The zero-order valence-corrected chi connectivity index (χ0v) is 10.2. The molecule has 1 N–H and O–H groups in total. The number of hydrogen-bond donors (Lipinski definition) is 1. The lowest BCUT2D eigenvalue weighted by Crippen LogP contribution is -2.17. The first-order valence-electron chi connectivity index (χ1n) is 4.91. The second-order valence-corrected chi connectivity index (χ2v) is 4.04. The predicted octanol–water partition coefficient (Wildman–Crippen LogP) is 2.05. The maximum atomic E-state index is 11.4. The van der Waals surface area contributed by atoms with Crippen LogP contribution in [-0.2, 0) is 9.53 Å². The summed E-state index contributed by atoms with van der Waals surface area (Å²) >= 11 is 1.51. The molecular weight excluding hydrogens is 222 g/mol. The van der Waals surface area contributed by atoms with Gasteiger partial charge in [0, 0.05) is 11.4 Å². The largest absolute Gasteiger partial charge is 0.466 e. The van der Waals surface area contributed by atoms with Crippen molar-refractivity contribution >= 4 is 17.7 Å². The highest BCUT2D eigenvalue weighted by Gasteiger charge is 2.07. The highest BCUT2D eigenvalue weighted by Crippen LogP contribution is 2.20. The van der Waals surface area contributed by atoms with Crippen molar-refractivity contribution in [3.8, 4) is 0 Å². The molecule has 0 bridgehead atoms. The Morgan fingerprint density at radius 3 is 2.69 bits per heavy atom. The van der Waals surface area contributed by atoms with Crippen LogP contribution >= 0.6 is 11.8 Å². The quantitative estimate of drug-likeness (QED) is 0.483. The summed E-state index contributed by atoms with van der Waals surface area (Å²) in [4.78, 5) is 12.5. The van der Waals surface area contributed by atoms with Crippen LogP contribution in [0.25, 0.3) is 0 Å². The third-order valence-corrected chi connectivity index (χ3v) is 2.84. The normalized spacial score (nSPS) is 11.2. The summed E-state index contributed by atoms with van der Waals surface area (Å²) in [5.41, 5.74) is 0.624. The van der Waals surface area contributed by atoms with Crippen LogP contribution in [0.5, 0.6) is 0 Å². The summed E-state index contributed by atoms with van der Waals surface area (Å²) in [6.07, 6.45) is 0. The molecule has 0 radical (unpaired) electrons. The number of carbonyl (C=O) groups excluding carboxylic acids is 1. The average molecular weight is 237 g/mol. The van der Waals surface area contributed by atoms with Crippen LogP contribution in [0.3, 0.4) is 0 Å². The van der Waals surface area contributed by atoms with Crippen molar-refractivity contribution in [2.24, 2.45) is 0 Å².